The average Bonchev–Trinajstić information content (AvgIpc) is 2.74. The zero-order valence-electron chi connectivity index (χ0n) is 16.3. The van der Waals surface area contributed by atoms with Crippen molar-refractivity contribution in [1.82, 2.24) is 0 Å². The standard InChI is InChI=1S/C24H16F6O2/c25-21-14-9-16(15-22(21)31-18-6-2-1-3-7-18)5-4-8-20(23(26)27)17-10-12-19(13-11-17)32-24(28,29)30/h1-15,23H. The van der Waals surface area contributed by atoms with Crippen LogP contribution in [0.25, 0.3) is 11.6 Å². The quantitative estimate of drug-likeness (QED) is 0.269. The molecule has 0 N–H and O–H groups in total. The molecule has 3 aromatic rings. The minimum absolute atomic E-state index is 0.0309. The van der Waals surface area contributed by atoms with Crippen molar-refractivity contribution in [3.05, 3.63) is 102 Å². The maximum atomic E-state index is 14.0. The van der Waals surface area contributed by atoms with E-state index >= 15 is 0 Å². The van der Waals surface area contributed by atoms with Gasteiger partial charge in [-0.1, -0.05) is 54.6 Å². The van der Waals surface area contributed by atoms with Gasteiger partial charge in [0.05, 0.1) is 0 Å². The molecule has 0 spiro atoms. The smallest absolute Gasteiger partial charge is 0.454 e. The number of ether oxygens (including phenoxy) is 2. The third-order valence-corrected chi connectivity index (χ3v) is 4.15. The predicted molar refractivity (Wildman–Crippen MR) is 109 cm³/mol. The fourth-order valence-corrected chi connectivity index (χ4v) is 2.72. The van der Waals surface area contributed by atoms with E-state index in [1.165, 1.54) is 30.4 Å². The molecule has 0 aliphatic rings. The van der Waals surface area contributed by atoms with Crippen LogP contribution in [0, 0.1) is 5.82 Å². The molecule has 166 valence electrons. The highest BCUT2D eigenvalue weighted by Crippen LogP contribution is 2.28. The largest absolute Gasteiger partial charge is 0.573 e. The molecule has 8 heteroatoms. The molecule has 0 fully saturated rings. The highest BCUT2D eigenvalue weighted by atomic mass is 19.4. The first-order valence-corrected chi connectivity index (χ1v) is 9.26. The number of hydrogen-bond donors (Lipinski definition) is 0. The van der Waals surface area contributed by atoms with E-state index in [1.54, 1.807) is 30.3 Å². The van der Waals surface area contributed by atoms with Crippen LogP contribution >= 0.6 is 0 Å². The summed E-state index contributed by atoms with van der Waals surface area (Å²) in [5.41, 5.74) is 0.130. The highest BCUT2D eigenvalue weighted by molar-refractivity contribution is 5.71. The average molecular weight is 450 g/mol. The van der Waals surface area contributed by atoms with Crippen LogP contribution in [0.4, 0.5) is 26.3 Å². The first-order valence-electron chi connectivity index (χ1n) is 9.26. The van der Waals surface area contributed by atoms with Crippen molar-refractivity contribution < 1.29 is 35.8 Å². The fraction of sp³-hybridized carbons (Fsp3) is 0.0833. The SMILES string of the molecule is Fc1ccc(C=CC=C(c2ccc(OC(F)(F)F)cc2)C(F)F)cc1Oc1ccccc1. The summed E-state index contributed by atoms with van der Waals surface area (Å²) in [5.74, 6) is -0.694. The summed E-state index contributed by atoms with van der Waals surface area (Å²) in [5, 5.41) is 0. The van der Waals surface area contributed by atoms with Crippen molar-refractivity contribution in [2.24, 2.45) is 0 Å². The van der Waals surface area contributed by atoms with Gasteiger partial charge in [-0.2, -0.15) is 0 Å². The first kappa shape index (κ1) is 23.0. The Balaban J connectivity index is 1.78. The molecule has 0 amide bonds. The molecule has 32 heavy (non-hydrogen) atoms. The normalized spacial score (nSPS) is 12.4. The van der Waals surface area contributed by atoms with Gasteiger partial charge in [-0.05, 0) is 47.5 Å². The van der Waals surface area contributed by atoms with E-state index < -0.39 is 29.9 Å². The summed E-state index contributed by atoms with van der Waals surface area (Å²) in [6.45, 7) is 0. The molecule has 0 aliphatic heterocycles. The van der Waals surface area contributed by atoms with Gasteiger partial charge in [-0.3, -0.25) is 0 Å². The Hall–Kier alpha value is -3.68. The lowest BCUT2D eigenvalue weighted by Crippen LogP contribution is -2.17. The Bertz CT molecular complexity index is 1090. The molecule has 2 nitrogen and oxygen atoms in total. The monoisotopic (exact) mass is 450 g/mol. The summed E-state index contributed by atoms with van der Waals surface area (Å²) in [7, 11) is 0. The van der Waals surface area contributed by atoms with Crippen molar-refractivity contribution in [1.29, 1.82) is 0 Å². The zero-order valence-corrected chi connectivity index (χ0v) is 16.3. The lowest BCUT2D eigenvalue weighted by molar-refractivity contribution is -0.274. The molecule has 0 atom stereocenters. The van der Waals surface area contributed by atoms with Gasteiger partial charge in [0.2, 0.25) is 0 Å². The summed E-state index contributed by atoms with van der Waals surface area (Å²) >= 11 is 0. The van der Waals surface area contributed by atoms with E-state index in [0.29, 0.717) is 11.3 Å². The van der Waals surface area contributed by atoms with Crippen LogP contribution in [0.1, 0.15) is 11.1 Å². The molecule has 0 saturated heterocycles. The number of alkyl halides is 5. The Labute approximate surface area is 180 Å². The number of para-hydroxylation sites is 1. The Morgan fingerprint density at radius 1 is 0.844 bits per heavy atom. The minimum Gasteiger partial charge on any atom is -0.454 e. The van der Waals surface area contributed by atoms with Crippen LogP contribution in [-0.4, -0.2) is 12.8 Å². The van der Waals surface area contributed by atoms with Crippen LogP contribution < -0.4 is 9.47 Å². The molecule has 3 rings (SSSR count). The van der Waals surface area contributed by atoms with E-state index in [1.807, 2.05) is 0 Å². The summed E-state index contributed by atoms with van der Waals surface area (Å²) in [6.07, 6.45) is -3.81. The minimum atomic E-state index is -4.87. The number of hydrogen-bond acceptors (Lipinski definition) is 2. The van der Waals surface area contributed by atoms with Crippen LogP contribution in [0.3, 0.4) is 0 Å². The summed E-state index contributed by atoms with van der Waals surface area (Å²) < 4.78 is 86.9. The van der Waals surface area contributed by atoms with Gasteiger partial charge in [0.25, 0.3) is 6.43 Å². The zero-order chi connectivity index (χ0) is 23.1. The predicted octanol–water partition coefficient (Wildman–Crippen LogP) is 7.88. The molecule has 0 radical (unpaired) electrons. The second-order valence-corrected chi connectivity index (χ2v) is 6.46. The van der Waals surface area contributed by atoms with Crippen LogP contribution in [-0.2, 0) is 0 Å². The highest BCUT2D eigenvalue weighted by Gasteiger charge is 2.31. The lowest BCUT2D eigenvalue weighted by atomic mass is 10.1. The number of allylic oxidation sites excluding steroid dienone is 3. The number of benzene rings is 3. The van der Waals surface area contributed by atoms with Crippen molar-refractivity contribution in [3.8, 4) is 17.2 Å². The molecule has 0 saturated carbocycles. The number of rotatable bonds is 7. The number of halogens is 6. The van der Waals surface area contributed by atoms with Gasteiger partial charge in [0.15, 0.2) is 11.6 Å². The van der Waals surface area contributed by atoms with Gasteiger partial charge < -0.3 is 9.47 Å². The fourth-order valence-electron chi connectivity index (χ4n) is 2.72. The molecule has 0 heterocycles. The van der Waals surface area contributed by atoms with Crippen LogP contribution in [0.5, 0.6) is 17.2 Å². The lowest BCUT2D eigenvalue weighted by Gasteiger charge is -2.10. The molecule has 3 aromatic carbocycles. The van der Waals surface area contributed by atoms with E-state index in [0.717, 1.165) is 30.3 Å². The third kappa shape index (κ3) is 6.66. The molecule has 0 unspecified atom stereocenters. The first-order chi connectivity index (χ1) is 15.2. The molecular formula is C24H16F6O2. The van der Waals surface area contributed by atoms with Crippen LogP contribution in [0.2, 0.25) is 0 Å². The van der Waals surface area contributed by atoms with Crippen molar-refractivity contribution in [3.63, 3.8) is 0 Å². The van der Waals surface area contributed by atoms with Gasteiger partial charge in [-0.25, -0.2) is 13.2 Å². The molecule has 0 aliphatic carbocycles. The second-order valence-electron chi connectivity index (χ2n) is 6.46. The van der Waals surface area contributed by atoms with Gasteiger partial charge >= 0.3 is 6.36 Å². The maximum Gasteiger partial charge on any atom is 0.573 e. The van der Waals surface area contributed by atoms with E-state index in [4.69, 9.17) is 4.74 Å². The van der Waals surface area contributed by atoms with Crippen LogP contribution in [0.15, 0.2) is 84.9 Å². The van der Waals surface area contributed by atoms with Gasteiger partial charge in [0.1, 0.15) is 11.5 Å². The van der Waals surface area contributed by atoms with Crippen molar-refractivity contribution in [2.45, 2.75) is 12.8 Å². The summed E-state index contributed by atoms with van der Waals surface area (Å²) in [6, 6.07) is 16.7. The van der Waals surface area contributed by atoms with E-state index in [9.17, 15) is 26.3 Å². The molecule has 0 aromatic heterocycles. The van der Waals surface area contributed by atoms with E-state index in [2.05, 4.69) is 4.74 Å². The Kier molecular flexibility index (Phi) is 7.25. The van der Waals surface area contributed by atoms with Gasteiger partial charge in [0, 0.05) is 5.57 Å². The van der Waals surface area contributed by atoms with Gasteiger partial charge in [-0.15, -0.1) is 13.2 Å². The summed E-state index contributed by atoms with van der Waals surface area (Å²) in [4.78, 5) is 0. The third-order valence-electron chi connectivity index (χ3n) is 4.15. The molecular weight excluding hydrogens is 434 g/mol. The topological polar surface area (TPSA) is 18.5 Å². The van der Waals surface area contributed by atoms with Crippen molar-refractivity contribution >= 4 is 11.6 Å². The van der Waals surface area contributed by atoms with E-state index in [-0.39, 0.29) is 11.3 Å². The molecule has 0 bridgehead atoms. The maximum absolute atomic E-state index is 14.0. The Morgan fingerprint density at radius 3 is 2.16 bits per heavy atom. The Morgan fingerprint density at radius 2 is 1.53 bits per heavy atom. The second kappa shape index (κ2) is 10.1. The van der Waals surface area contributed by atoms with Crippen molar-refractivity contribution in [2.75, 3.05) is 0 Å².